The summed E-state index contributed by atoms with van der Waals surface area (Å²) in [5.74, 6) is -1.56. The number of ether oxygens (including phenoxy) is 2. The number of carboxylic acids is 1. The Morgan fingerprint density at radius 1 is 1.67 bits per heavy atom. The van der Waals surface area contributed by atoms with Gasteiger partial charge in [-0.05, 0) is 19.9 Å². The molecule has 1 unspecified atom stereocenters. The van der Waals surface area contributed by atoms with Gasteiger partial charge < -0.3 is 14.6 Å². The molecule has 0 spiro atoms. The molecule has 1 aliphatic rings. The molecule has 68 valence electrons. The van der Waals surface area contributed by atoms with E-state index in [9.17, 15) is 4.79 Å². The van der Waals surface area contributed by atoms with Crippen LogP contribution in [0.15, 0.2) is 12.2 Å². The first-order valence-electron chi connectivity index (χ1n) is 3.72. The average Bonchev–Trinajstić information content (AvgIpc) is 2.26. The summed E-state index contributed by atoms with van der Waals surface area (Å²) in [6.45, 7) is 4.00. The lowest BCUT2D eigenvalue weighted by molar-refractivity contribution is -0.134. The lowest BCUT2D eigenvalue weighted by atomic mass is 10.3. The van der Waals surface area contributed by atoms with Gasteiger partial charge in [0.1, 0.15) is 6.10 Å². The summed E-state index contributed by atoms with van der Waals surface area (Å²) in [6, 6.07) is 0. The Balaban J connectivity index is 2.43. The zero-order chi connectivity index (χ0) is 9.19. The van der Waals surface area contributed by atoms with Gasteiger partial charge in [0.2, 0.25) is 0 Å². The van der Waals surface area contributed by atoms with Gasteiger partial charge in [-0.3, -0.25) is 0 Å². The van der Waals surface area contributed by atoms with Crippen molar-refractivity contribution in [2.45, 2.75) is 25.7 Å². The van der Waals surface area contributed by atoms with E-state index < -0.39 is 11.8 Å². The summed E-state index contributed by atoms with van der Waals surface area (Å²) in [6.07, 6.45) is 2.31. The van der Waals surface area contributed by atoms with Crippen LogP contribution in [0.4, 0.5) is 0 Å². The standard InChI is InChI=1S/C8H12O4/c1-8(2)11-5-6(12-8)3-4-7(9)10/h3-4,6H,5H2,1-2H3,(H,9,10)/b4-3+. The molecule has 4 heteroatoms. The number of carbonyl (C=O) groups is 1. The fourth-order valence-corrected chi connectivity index (χ4v) is 1.000. The lowest BCUT2D eigenvalue weighted by Crippen LogP contribution is -2.20. The summed E-state index contributed by atoms with van der Waals surface area (Å²) in [5.41, 5.74) is 0. The number of hydrogen-bond acceptors (Lipinski definition) is 3. The van der Waals surface area contributed by atoms with Crippen LogP contribution in [0.3, 0.4) is 0 Å². The molecule has 0 aliphatic carbocycles. The minimum Gasteiger partial charge on any atom is -0.478 e. The van der Waals surface area contributed by atoms with Crippen LogP contribution in [0.2, 0.25) is 0 Å². The molecular formula is C8H12O4. The first kappa shape index (κ1) is 9.22. The lowest BCUT2D eigenvalue weighted by Gasteiger charge is -2.15. The molecule has 1 N–H and O–H groups in total. The Kier molecular flexibility index (Phi) is 2.49. The van der Waals surface area contributed by atoms with E-state index in [1.165, 1.54) is 6.08 Å². The largest absolute Gasteiger partial charge is 0.478 e. The Hall–Kier alpha value is -0.870. The highest BCUT2D eigenvalue weighted by molar-refractivity contribution is 5.79. The summed E-state index contributed by atoms with van der Waals surface area (Å²) < 4.78 is 10.5. The summed E-state index contributed by atoms with van der Waals surface area (Å²) in [5, 5.41) is 8.32. The zero-order valence-corrected chi connectivity index (χ0v) is 7.11. The molecule has 1 saturated heterocycles. The molecule has 1 aliphatic heterocycles. The molecule has 0 aromatic heterocycles. The topological polar surface area (TPSA) is 55.8 Å². The minimum absolute atomic E-state index is 0.240. The molecule has 0 aromatic carbocycles. The first-order chi connectivity index (χ1) is 5.49. The van der Waals surface area contributed by atoms with Crippen molar-refractivity contribution in [3.05, 3.63) is 12.2 Å². The highest BCUT2D eigenvalue weighted by atomic mass is 16.7. The molecule has 1 heterocycles. The van der Waals surface area contributed by atoms with Gasteiger partial charge in [0, 0.05) is 6.08 Å². The van der Waals surface area contributed by atoms with Crippen LogP contribution in [0.25, 0.3) is 0 Å². The fraction of sp³-hybridized carbons (Fsp3) is 0.625. The third kappa shape index (κ3) is 2.64. The van der Waals surface area contributed by atoms with Gasteiger partial charge in [-0.15, -0.1) is 0 Å². The van der Waals surface area contributed by atoms with E-state index >= 15 is 0 Å². The molecule has 1 atom stereocenters. The molecule has 4 nitrogen and oxygen atoms in total. The van der Waals surface area contributed by atoms with E-state index in [-0.39, 0.29) is 6.10 Å². The maximum atomic E-state index is 10.1. The predicted octanol–water partition coefficient (Wildman–Crippen LogP) is 0.779. The third-order valence-electron chi connectivity index (χ3n) is 1.48. The highest BCUT2D eigenvalue weighted by Crippen LogP contribution is 2.22. The number of hydrogen-bond donors (Lipinski definition) is 1. The van der Waals surface area contributed by atoms with Gasteiger partial charge in [0.05, 0.1) is 6.61 Å². The van der Waals surface area contributed by atoms with Crippen LogP contribution >= 0.6 is 0 Å². The molecule has 0 radical (unpaired) electrons. The Morgan fingerprint density at radius 3 is 2.75 bits per heavy atom. The van der Waals surface area contributed by atoms with Crippen molar-refractivity contribution in [3.8, 4) is 0 Å². The van der Waals surface area contributed by atoms with Gasteiger partial charge >= 0.3 is 5.97 Å². The average molecular weight is 172 g/mol. The van der Waals surface area contributed by atoms with Crippen LogP contribution in [-0.2, 0) is 14.3 Å². The van der Waals surface area contributed by atoms with E-state index in [0.717, 1.165) is 6.08 Å². The summed E-state index contributed by atoms with van der Waals surface area (Å²) in [4.78, 5) is 10.1. The second-order valence-electron chi connectivity index (χ2n) is 3.06. The summed E-state index contributed by atoms with van der Waals surface area (Å²) >= 11 is 0. The smallest absolute Gasteiger partial charge is 0.328 e. The Morgan fingerprint density at radius 2 is 2.33 bits per heavy atom. The number of aliphatic carboxylic acids is 1. The molecule has 0 amide bonds. The Bertz CT molecular complexity index is 207. The SMILES string of the molecule is CC1(C)OCC(/C=C/C(=O)O)O1. The number of rotatable bonds is 2. The molecule has 1 fully saturated rings. The normalized spacial score (nSPS) is 28.0. The quantitative estimate of drug-likeness (QED) is 0.625. The second kappa shape index (κ2) is 3.25. The minimum atomic E-state index is -0.969. The molecule has 1 rings (SSSR count). The molecule has 0 aromatic rings. The van der Waals surface area contributed by atoms with Crippen LogP contribution in [-0.4, -0.2) is 29.6 Å². The van der Waals surface area contributed by atoms with Gasteiger partial charge in [-0.25, -0.2) is 4.79 Å². The fourth-order valence-electron chi connectivity index (χ4n) is 1.000. The van der Waals surface area contributed by atoms with Gasteiger partial charge in [0.25, 0.3) is 0 Å². The second-order valence-corrected chi connectivity index (χ2v) is 3.06. The van der Waals surface area contributed by atoms with Crippen molar-refractivity contribution in [1.82, 2.24) is 0 Å². The molecular weight excluding hydrogens is 160 g/mol. The first-order valence-corrected chi connectivity index (χ1v) is 3.72. The van der Waals surface area contributed by atoms with Crippen LogP contribution in [0.5, 0.6) is 0 Å². The van der Waals surface area contributed by atoms with E-state index in [2.05, 4.69) is 0 Å². The summed E-state index contributed by atoms with van der Waals surface area (Å²) in [7, 11) is 0. The monoisotopic (exact) mass is 172 g/mol. The van der Waals surface area contributed by atoms with Crippen LogP contribution < -0.4 is 0 Å². The molecule has 0 bridgehead atoms. The van der Waals surface area contributed by atoms with Crippen molar-refractivity contribution in [2.75, 3.05) is 6.61 Å². The van der Waals surface area contributed by atoms with E-state index in [1.54, 1.807) is 13.8 Å². The zero-order valence-electron chi connectivity index (χ0n) is 7.11. The van der Waals surface area contributed by atoms with E-state index in [0.29, 0.717) is 6.61 Å². The van der Waals surface area contributed by atoms with E-state index in [1.807, 2.05) is 0 Å². The maximum Gasteiger partial charge on any atom is 0.328 e. The van der Waals surface area contributed by atoms with Crippen molar-refractivity contribution in [3.63, 3.8) is 0 Å². The van der Waals surface area contributed by atoms with Gasteiger partial charge in [-0.2, -0.15) is 0 Å². The highest BCUT2D eigenvalue weighted by Gasteiger charge is 2.30. The maximum absolute atomic E-state index is 10.1. The van der Waals surface area contributed by atoms with Crippen molar-refractivity contribution < 1.29 is 19.4 Å². The predicted molar refractivity (Wildman–Crippen MR) is 41.7 cm³/mol. The van der Waals surface area contributed by atoms with Crippen molar-refractivity contribution in [1.29, 1.82) is 0 Å². The van der Waals surface area contributed by atoms with Gasteiger partial charge in [0.15, 0.2) is 5.79 Å². The van der Waals surface area contributed by atoms with E-state index in [4.69, 9.17) is 14.6 Å². The molecule has 0 saturated carbocycles. The van der Waals surface area contributed by atoms with Crippen LogP contribution in [0.1, 0.15) is 13.8 Å². The Labute approximate surface area is 70.8 Å². The number of carboxylic acid groups (broad SMARTS) is 1. The molecule has 12 heavy (non-hydrogen) atoms. The van der Waals surface area contributed by atoms with Crippen LogP contribution in [0, 0.1) is 0 Å². The van der Waals surface area contributed by atoms with Gasteiger partial charge in [-0.1, -0.05) is 0 Å². The third-order valence-corrected chi connectivity index (χ3v) is 1.48. The van der Waals surface area contributed by atoms with Crippen molar-refractivity contribution >= 4 is 5.97 Å². The van der Waals surface area contributed by atoms with Crippen molar-refractivity contribution in [2.24, 2.45) is 0 Å².